The van der Waals surface area contributed by atoms with Crippen molar-refractivity contribution in [2.45, 2.75) is 18.5 Å². The summed E-state index contributed by atoms with van der Waals surface area (Å²) in [5.74, 6) is -0.464. The monoisotopic (exact) mass is 353 g/mol. The van der Waals surface area contributed by atoms with Crippen LogP contribution in [-0.2, 0) is 14.3 Å². The smallest absolute Gasteiger partial charge is 0.251 e. The van der Waals surface area contributed by atoms with Gasteiger partial charge in [-0.1, -0.05) is 48.5 Å². The Labute approximate surface area is 152 Å². The van der Waals surface area contributed by atoms with Gasteiger partial charge in [0.2, 0.25) is 5.91 Å². The van der Waals surface area contributed by atoms with Crippen molar-refractivity contribution in [3.63, 3.8) is 0 Å². The van der Waals surface area contributed by atoms with Crippen LogP contribution in [0.15, 0.2) is 60.7 Å². The third-order valence-electron chi connectivity index (χ3n) is 4.17. The third kappa shape index (κ3) is 5.15. The van der Waals surface area contributed by atoms with Crippen molar-refractivity contribution in [2.24, 2.45) is 0 Å². The van der Waals surface area contributed by atoms with Crippen LogP contribution < -0.4 is 16.0 Å². The van der Waals surface area contributed by atoms with E-state index in [1.807, 2.05) is 60.7 Å². The molecular formula is C20H23N3O3. The van der Waals surface area contributed by atoms with Crippen LogP contribution in [0, 0.1) is 0 Å². The molecule has 26 heavy (non-hydrogen) atoms. The molecule has 0 radical (unpaired) electrons. The molecule has 136 valence electrons. The van der Waals surface area contributed by atoms with Gasteiger partial charge in [-0.25, -0.2) is 0 Å². The lowest BCUT2D eigenvalue weighted by Gasteiger charge is -2.25. The quantitative estimate of drug-likeness (QED) is 0.741. The Morgan fingerprint density at radius 2 is 1.77 bits per heavy atom. The molecule has 2 amide bonds. The number of amides is 2. The Morgan fingerprint density at radius 1 is 1.08 bits per heavy atom. The highest BCUT2D eigenvalue weighted by atomic mass is 16.5. The second-order valence-corrected chi connectivity index (χ2v) is 6.20. The zero-order valence-corrected chi connectivity index (χ0v) is 14.5. The van der Waals surface area contributed by atoms with Crippen molar-refractivity contribution in [1.82, 2.24) is 10.6 Å². The second kappa shape index (κ2) is 9.12. The summed E-state index contributed by atoms with van der Waals surface area (Å²) in [5.41, 5.74) is 1.43. The van der Waals surface area contributed by atoms with E-state index in [1.54, 1.807) is 0 Å². The van der Waals surface area contributed by atoms with Crippen LogP contribution in [0.5, 0.6) is 0 Å². The molecule has 1 heterocycles. The van der Waals surface area contributed by atoms with E-state index in [9.17, 15) is 9.59 Å². The number of anilines is 1. The zero-order valence-electron chi connectivity index (χ0n) is 14.5. The minimum Gasteiger partial charge on any atom is -0.378 e. The van der Waals surface area contributed by atoms with E-state index in [4.69, 9.17) is 4.74 Å². The molecule has 2 aromatic rings. The maximum absolute atomic E-state index is 12.8. The van der Waals surface area contributed by atoms with Gasteiger partial charge in [-0.15, -0.1) is 0 Å². The summed E-state index contributed by atoms with van der Waals surface area (Å²) in [6, 6.07) is 17.6. The highest BCUT2D eigenvalue weighted by Gasteiger charge is 2.25. The van der Waals surface area contributed by atoms with Gasteiger partial charge in [-0.05, 0) is 17.7 Å². The number of ether oxygens (including phenoxy) is 1. The van der Waals surface area contributed by atoms with E-state index in [0.29, 0.717) is 18.9 Å². The molecule has 6 heteroatoms. The van der Waals surface area contributed by atoms with E-state index in [-0.39, 0.29) is 24.3 Å². The number of hydrogen-bond donors (Lipinski definition) is 3. The molecule has 0 aromatic heterocycles. The number of benzene rings is 2. The lowest BCUT2D eigenvalue weighted by Crippen LogP contribution is -2.45. The summed E-state index contributed by atoms with van der Waals surface area (Å²) in [6.45, 7) is 1.89. The first kappa shape index (κ1) is 18.1. The Balaban J connectivity index is 1.69. The molecule has 6 nitrogen and oxygen atoms in total. The summed E-state index contributed by atoms with van der Waals surface area (Å²) < 4.78 is 5.38. The fourth-order valence-electron chi connectivity index (χ4n) is 2.88. The SMILES string of the molecule is O=C(CC1COCCN1)NC(C(=O)Nc1ccccc1)c1ccccc1. The second-order valence-electron chi connectivity index (χ2n) is 6.20. The zero-order chi connectivity index (χ0) is 18.2. The van der Waals surface area contributed by atoms with Gasteiger partial charge >= 0.3 is 0 Å². The molecule has 2 aromatic carbocycles. The summed E-state index contributed by atoms with van der Waals surface area (Å²) in [4.78, 5) is 25.2. The van der Waals surface area contributed by atoms with Crippen LogP contribution in [-0.4, -0.2) is 37.6 Å². The normalized spacial score (nSPS) is 17.9. The number of morpholine rings is 1. The van der Waals surface area contributed by atoms with Crippen molar-refractivity contribution in [2.75, 3.05) is 25.1 Å². The van der Waals surface area contributed by atoms with Crippen molar-refractivity contribution < 1.29 is 14.3 Å². The van der Waals surface area contributed by atoms with Crippen LogP contribution >= 0.6 is 0 Å². The van der Waals surface area contributed by atoms with Crippen molar-refractivity contribution >= 4 is 17.5 Å². The topological polar surface area (TPSA) is 79.5 Å². The van der Waals surface area contributed by atoms with E-state index in [0.717, 1.165) is 12.1 Å². The minimum atomic E-state index is -0.756. The van der Waals surface area contributed by atoms with Crippen LogP contribution in [0.2, 0.25) is 0 Å². The molecule has 1 aliphatic rings. The Bertz CT molecular complexity index is 716. The fourth-order valence-corrected chi connectivity index (χ4v) is 2.88. The van der Waals surface area contributed by atoms with Gasteiger partial charge in [0.25, 0.3) is 5.91 Å². The Hall–Kier alpha value is -2.70. The maximum atomic E-state index is 12.8. The molecule has 0 saturated carbocycles. The van der Waals surface area contributed by atoms with E-state index >= 15 is 0 Å². The Morgan fingerprint density at radius 3 is 2.42 bits per heavy atom. The number of carbonyl (C=O) groups is 2. The first-order chi connectivity index (χ1) is 12.7. The lowest BCUT2D eigenvalue weighted by atomic mass is 10.1. The minimum absolute atomic E-state index is 0.0302. The highest BCUT2D eigenvalue weighted by molar-refractivity contribution is 5.97. The fraction of sp³-hybridized carbons (Fsp3) is 0.300. The average Bonchev–Trinajstić information content (AvgIpc) is 2.68. The largest absolute Gasteiger partial charge is 0.378 e. The molecule has 3 N–H and O–H groups in total. The molecule has 2 atom stereocenters. The van der Waals surface area contributed by atoms with Gasteiger partial charge in [0.1, 0.15) is 6.04 Å². The van der Waals surface area contributed by atoms with Gasteiger partial charge in [-0.2, -0.15) is 0 Å². The first-order valence-electron chi connectivity index (χ1n) is 8.74. The maximum Gasteiger partial charge on any atom is 0.251 e. The van der Waals surface area contributed by atoms with Crippen molar-refractivity contribution in [3.05, 3.63) is 66.2 Å². The van der Waals surface area contributed by atoms with Crippen LogP contribution in [0.25, 0.3) is 0 Å². The summed E-state index contributed by atoms with van der Waals surface area (Å²) in [7, 11) is 0. The number of para-hydroxylation sites is 1. The van der Waals surface area contributed by atoms with Gasteiger partial charge < -0.3 is 20.7 Å². The predicted molar refractivity (Wildman–Crippen MR) is 99.6 cm³/mol. The molecule has 0 aliphatic carbocycles. The lowest BCUT2D eigenvalue weighted by molar-refractivity contribution is -0.127. The van der Waals surface area contributed by atoms with Crippen molar-refractivity contribution in [3.8, 4) is 0 Å². The summed E-state index contributed by atoms with van der Waals surface area (Å²) >= 11 is 0. The van der Waals surface area contributed by atoms with E-state index < -0.39 is 6.04 Å². The third-order valence-corrected chi connectivity index (χ3v) is 4.17. The first-order valence-corrected chi connectivity index (χ1v) is 8.74. The van der Waals surface area contributed by atoms with Gasteiger partial charge in [0.05, 0.1) is 13.2 Å². The van der Waals surface area contributed by atoms with E-state index in [2.05, 4.69) is 16.0 Å². The predicted octanol–water partition coefficient (Wildman–Crippen LogP) is 1.86. The summed E-state index contributed by atoms with van der Waals surface area (Å²) in [5, 5.41) is 8.96. The van der Waals surface area contributed by atoms with Gasteiger partial charge in [-0.3, -0.25) is 9.59 Å². The summed E-state index contributed by atoms with van der Waals surface area (Å²) in [6.07, 6.45) is 0.266. The number of rotatable bonds is 6. The number of carbonyl (C=O) groups excluding carboxylic acids is 2. The molecule has 1 saturated heterocycles. The molecule has 1 aliphatic heterocycles. The van der Waals surface area contributed by atoms with Crippen LogP contribution in [0.4, 0.5) is 5.69 Å². The van der Waals surface area contributed by atoms with Crippen LogP contribution in [0.1, 0.15) is 18.0 Å². The van der Waals surface area contributed by atoms with Gasteiger partial charge in [0, 0.05) is 24.7 Å². The molecular weight excluding hydrogens is 330 g/mol. The molecule has 3 rings (SSSR count). The molecule has 0 spiro atoms. The molecule has 0 bridgehead atoms. The Kier molecular flexibility index (Phi) is 6.35. The number of hydrogen-bond acceptors (Lipinski definition) is 4. The molecule has 2 unspecified atom stereocenters. The molecule has 1 fully saturated rings. The average molecular weight is 353 g/mol. The highest BCUT2D eigenvalue weighted by Crippen LogP contribution is 2.16. The van der Waals surface area contributed by atoms with E-state index in [1.165, 1.54) is 0 Å². The van der Waals surface area contributed by atoms with Crippen molar-refractivity contribution in [1.29, 1.82) is 0 Å². The van der Waals surface area contributed by atoms with Gasteiger partial charge in [0.15, 0.2) is 0 Å². The number of nitrogens with one attached hydrogen (secondary N) is 3. The van der Waals surface area contributed by atoms with Crippen LogP contribution in [0.3, 0.4) is 0 Å². The standard InChI is InChI=1S/C20H23N3O3/c24-18(13-17-14-26-12-11-21-17)23-19(15-7-3-1-4-8-15)20(25)22-16-9-5-2-6-10-16/h1-10,17,19,21H,11-14H2,(H,22,25)(H,23,24).